The van der Waals surface area contributed by atoms with Crippen LogP contribution < -0.4 is 10.3 Å². The van der Waals surface area contributed by atoms with Gasteiger partial charge in [-0.2, -0.15) is 5.10 Å². The van der Waals surface area contributed by atoms with Crippen molar-refractivity contribution in [1.29, 1.82) is 0 Å². The maximum atomic E-state index is 12.0. The van der Waals surface area contributed by atoms with Crippen LogP contribution >= 0.6 is 0 Å². The van der Waals surface area contributed by atoms with Crippen molar-refractivity contribution in [2.24, 2.45) is 0 Å². The summed E-state index contributed by atoms with van der Waals surface area (Å²) in [6.45, 7) is 3.97. The van der Waals surface area contributed by atoms with E-state index in [0.29, 0.717) is 5.39 Å². The summed E-state index contributed by atoms with van der Waals surface area (Å²) in [5.74, 6) is 0.747. The molecule has 0 bridgehead atoms. The van der Waals surface area contributed by atoms with E-state index in [-0.39, 0.29) is 5.56 Å². The van der Waals surface area contributed by atoms with Crippen LogP contribution in [0.4, 0.5) is 0 Å². The fourth-order valence-corrected chi connectivity index (χ4v) is 2.48. The Labute approximate surface area is 122 Å². The molecule has 0 radical (unpaired) electrons. The smallest absolute Gasteiger partial charge is 0.272 e. The predicted molar refractivity (Wildman–Crippen MR) is 83.8 cm³/mol. The van der Waals surface area contributed by atoms with Crippen molar-refractivity contribution in [3.05, 3.63) is 57.9 Å². The van der Waals surface area contributed by atoms with Gasteiger partial charge in [0.1, 0.15) is 11.4 Å². The van der Waals surface area contributed by atoms with Gasteiger partial charge in [-0.15, -0.1) is 0 Å². The zero-order valence-corrected chi connectivity index (χ0v) is 12.2. The molecule has 4 heteroatoms. The van der Waals surface area contributed by atoms with Crippen molar-refractivity contribution in [3.63, 3.8) is 0 Å². The van der Waals surface area contributed by atoms with Crippen LogP contribution in [0.1, 0.15) is 11.1 Å². The predicted octanol–water partition coefficient (Wildman–Crippen LogP) is 3.22. The lowest BCUT2D eigenvalue weighted by Crippen LogP contribution is -2.10. The maximum Gasteiger partial charge on any atom is 0.272 e. The number of hydrogen-bond donors (Lipinski definition) is 1. The highest BCUT2D eigenvalue weighted by Gasteiger charge is 2.13. The first-order valence-corrected chi connectivity index (χ1v) is 6.74. The molecule has 0 saturated heterocycles. The first kappa shape index (κ1) is 13.4. The maximum absolute atomic E-state index is 12.0. The van der Waals surface area contributed by atoms with E-state index in [4.69, 9.17) is 4.74 Å². The number of fused-ring (bicyclic) bond motifs is 1. The molecular formula is C17H16N2O2. The average Bonchev–Trinajstić information content (AvgIpc) is 2.48. The Hall–Kier alpha value is -2.62. The van der Waals surface area contributed by atoms with Gasteiger partial charge in [-0.05, 0) is 37.6 Å². The van der Waals surface area contributed by atoms with Crippen LogP contribution in [0.2, 0.25) is 0 Å². The van der Waals surface area contributed by atoms with Gasteiger partial charge in [-0.3, -0.25) is 4.79 Å². The Morgan fingerprint density at radius 1 is 1.00 bits per heavy atom. The van der Waals surface area contributed by atoms with Gasteiger partial charge in [0.15, 0.2) is 0 Å². The first-order chi connectivity index (χ1) is 10.1. The largest absolute Gasteiger partial charge is 0.496 e. The lowest BCUT2D eigenvalue weighted by molar-refractivity contribution is 0.416. The summed E-state index contributed by atoms with van der Waals surface area (Å²) < 4.78 is 5.45. The molecule has 4 nitrogen and oxygen atoms in total. The lowest BCUT2D eigenvalue weighted by atomic mass is 10.0. The second-order valence-electron chi connectivity index (χ2n) is 5.15. The molecule has 1 N–H and O–H groups in total. The van der Waals surface area contributed by atoms with Crippen LogP contribution in [0.3, 0.4) is 0 Å². The van der Waals surface area contributed by atoms with E-state index in [1.54, 1.807) is 7.11 Å². The third-order valence-electron chi connectivity index (χ3n) is 3.56. The molecule has 3 rings (SSSR count). The highest BCUT2D eigenvalue weighted by molar-refractivity contribution is 5.95. The van der Waals surface area contributed by atoms with E-state index in [1.807, 2.05) is 50.2 Å². The van der Waals surface area contributed by atoms with Crippen LogP contribution in [0, 0.1) is 13.8 Å². The van der Waals surface area contributed by atoms with E-state index < -0.39 is 0 Å². The van der Waals surface area contributed by atoms with Gasteiger partial charge in [-0.1, -0.05) is 23.8 Å². The number of aryl methyl sites for hydroxylation is 2. The van der Waals surface area contributed by atoms with E-state index in [0.717, 1.165) is 33.5 Å². The quantitative estimate of drug-likeness (QED) is 0.784. The Bertz CT molecular complexity index is 882. The third-order valence-corrected chi connectivity index (χ3v) is 3.56. The molecule has 106 valence electrons. The molecule has 21 heavy (non-hydrogen) atoms. The van der Waals surface area contributed by atoms with Gasteiger partial charge >= 0.3 is 0 Å². The molecule has 0 unspecified atom stereocenters. The van der Waals surface area contributed by atoms with E-state index in [9.17, 15) is 4.79 Å². The van der Waals surface area contributed by atoms with Crippen LogP contribution in [0.25, 0.3) is 22.0 Å². The molecule has 2 aromatic carbocycles. The molecule has 1 aromatic heterocycles. The Kier molecular flexibility index (Phi) is 3.22. The summed E-state index contributed by atoms with van der Waals surface area (Å²) in [7, 11) is 1.64. The van der Waals surface area contributed by atoms with Crippen molar-refractivity contribution in [2.75, 3.05) is 7.11 Å². The van der Waals surface area contributed by atoms with Crippen LogP contribution in [0.15, 0.2) is 41.2 Å². The normalized spacial score (nSPS) is 10.8. The fourth-order valence-electron chi connectivity index (χ4n) is 2.48. The molecule has 0 atom stereocenters. The van der Waals surface area contributed by atoms with Crippen molar-refractivity contribution in [1.82, 2.24) is 10.2 Å². The van der Waals surface area contributed by atoms with E-state index >= 15 is 0 Å². The summed E-state index contributed by atoms with van der Waals surface area (Å²) in [6, 6.07) is 11.7. The minimum atomic E-state index is -0.177. The number of hydrogen-bond acceptors (Lipinski definition) is 3. The van der Waals surface area contributed by atoms with E-state index in [1.165, 1.54) is 0 Å². The standard InChI is InChI=1S/C17H16N2O2/c1-10-4-6-12-14(8-10)17(20)19-18-16(12)13-7-5-11(2)9-15(13)21-3/h4-9H,1-3H3,(H,19,20). The minimum absolute atomic E-state index is 0.177. The van der Waals surface area contributed by atoms with Gasteiger partial charge < -0.3 is 4.74 Å². The lowest BCUT2D eigenvalue weighted by Gasteiger charge is -2.11. The van der Waals surface area contributed by atoms with Crippen molar-refractivity contribution in [3.8, 4) is 17.0 Å². The van der Waals surface area contributed by atoms with Crippen LogP contribution in [-0.4, -0.2) is 17.3 Å². The molecule has 0 spiro atoms. The number of aromatic amines is 1. The van der Waals surface area contributed by atoms with Crippen molar-refractivity contribution >= 4 is 10.8 Å². The minimum Gasteiger partial charge on any atom is -0.496 e. The monoisotopic (exact) mass is 280 g/mol. The molecule has 0 aliphatic rings. The fraction of sp³-hybridized carbons (Fsp3) is 0.176. The molecule has 0 fully saturated rings. The summed E-state index contributed by atoms with van der Waals surface area (Å²) in [6.07, 6.45) is 0. The molecular weight excluding hydrogens is 264 g/mol. The molecule has 3 aromatic rings. The van der Waals surface area contributed by atoms with Gasteiger partial charge in [0.2, 0.25) is 0 Å². The summed E-state index contributed by atoms with van der Waals surface area (Å²) in [5, 5.41) is 8.27. The SMILES string of the molecule is COc1cc(C)ccc1-c1n[nH]c(=O)c2cc(C)ccc12. The highest BCUT2D eigenvalue weighted by atomic mass is 16.5. The van der Waals surface area contributed by atoms with Crippen molar-refractivity contribution < 1.29 is 4.74 Å². The summed E-state index contributed by atoms with van der Waals surface area (Å²) in [5.41, 5.74) is 3.57. The van der Waals surface area contributed by atoms with Gasteiger partial charge in [0, 0.05) is 10.9 Å². The average molecular weight is 280 g/mol. The molecule has 0 amide bonds. The van der Waals surface area contributed by atoms with Crippen LogP contribution in [0.5, 0.6) is 5.75 Å². The second-order valence-corrected chi connectivity index (χ2v) is 5.15. The highest BCUT2D eigenvalue weighted by Crippen LogP contribution is 2.32. The van der Waals surface area contributed by atoms with Gasteiger partial charge in [0.05, 0.1) is 12.5 Å². The zero-order chi connectivity index (χ0) is 15.0. The third kappa shape index (κ3) is 2.29. The number of aromatic nitrogens is 2. The summed E-state index contributed by atoms with van der Waals surface area (Å²) in [4.78, 5) is 12.0. The topological polar surface area (TPSA) is 55.0 Å². The Morgan fingerprint density at radius 3 is 2.48 bits per heavy atom. The van der Waals surface area contributed by atoms with Gasteiger partial charge in [-0.25, -0.2) is 5.10 Å². The van der Waals surface area contributed by atoms with E-state index in [2.05, 4.69) is 10.2 Å². The number of nitrogens with zero attached hydrogens (tertiary/aromatic N) is 1. The molecule has 0 aliphatic carbocycles. The number of benzene rings is 2. The Balaban J connectivity index is 2.36. The van der Waals surface area contributed by atoms with Crippen molar-refractivity contribution in [2.45, 2.75) is 13.8 Å². The summed E-state index contributed by atoms with van der Waals surface area (Å²) >= 11 is 0. The first-order valence-electron chi connectivity index (χ1n) is 6.74. The molecule has 0 saturated carbocycles. The molecule has 0 aliphatic heterocycles. The number of nitrogens with one attached hydrogen (secondary N) is 1. The second kappa shape index (κ2) is 5.05. The Morgan fingerprint density at radius 2 is 1.71 bits per heavy atom. The molecule has 1 heterocycles. The van der Waals surface area contributed by atoms with Gasteiger partial charge in [0.25, 0.3) is 5.56 Å². The zero-order valence-electron chi connectivity index (χ0n) is 12.2. The van der Waals surface area contributed by atoms with Crippen LogP contribution in [-0.2, 0) is 0 Å². The number of rotatable bonds is 2. The number of H-pyrrole nitrogens is 1. The number of ether oxygens (including phenoxy) is 1. The number of methoxy groups -OCH3 is 1.